The number of nitrogens with one attached hydrogen (secondary N) is 1. The van der Waals surface area contributed by atoms with E-state index in [9.17, 15) is 4.79 Å². The number of aliphatic carboxylic acids is 1. The van der Waals surface area contributed by atoms with Gasteiger partial charge in [0.1, 0.15) is 0 Å². The summed E-state index contributed by atoms with van der Waals surface area (Å²) in [5.74, 6) is -0.000473. The molecule has 3 nitrogen and oxygen atoms in total. The van der Waals surface area contributed by atoms with Crippen molar-refractivity contribution >= 4 is 5.97 Å². The van der Waals surface area contributed by atoms with Crippen LogP contribution in [-0.4, -0.2) is 23.2 Å². The third-order valence-corrected chi connectivity index (χ3v) is 4.00. The molecule has 1 fully saturated rings. The molecule has 100 valence electrons. The van der Waals surface area contributed by atoms with Gasteiger partial charge in [-0.2, -0.15) is 0 Å². The van der Waals surface area contributed by atoms with Gasteiger partial charge in [-0.15, -0.1) is 0 Å². The van der Waals surface area contributed by atoms with E-state index >= 15 is 0 Å². The quantitative estimate of drug-likeness (QED) is 0.751. The fourth-order valence-corrected chi connectivity index (χ4v) is 2.81. The van der Waals surface area contributed by atoms with Crippen LogP contribution in [0.5, 0.6) is 0 Å². The predicted octanol–water partition coefficient (Wildman–Crippen LogP) is 3.04. The highest BCUT2D eigenvalue weighted by Gasteiger charge is 2.27. The standard InChI is InChI=1S/C14H27NO2/c1-4-10(2)8-11(3)15-13-7-5-6-12(9-13)14(16)17/h10-13,15H,4-9H2,1-3H3,(H,16,17). The second-order valence-electron chi connectivity index (χ2n) is 5.72. The molecule has 0 bridgehead atoms. The monoisotopic (exact) mass is 241 g/mol. The Morgan fingerprint density at radius 2 is 2.12 bits per heavy atom. The van der Waals surface area contributed by atoms with Gasteiger partial charge in [-0.05, 0) is 38.5 Å². The predicted molar refractivity (Wildman–Crippen MR) is 70.1 cm³/mol. The van der Waals surface area contributed by atoms with Gasteiger partial charge in [0.2, 0.25) is 0 Å². The summed E-state index contributed by atoms with van der Waals surface area (Å²) in [5.41, 5.74) is 0. The molecule has 3 heteroatoms. The van der Waals surface area contributed by atoms with E-state index in [1.807, 2.05) is 0 Å². The molecule has 0 aliphatic heterocycles. The van der Waals surface area contributed by atoms with Gasteiger partial charge < -0.3 is 10.4 Å². The summed E-state index contributed by atoms with van der Waals surface area (Å²) in [5, 5.41) is 12.7. The third kappa shape index (κ3) is 5.07. The molecule has 0 spiro atoms. The van der Waals surface area contributed by atoms with Crippen LogP contribution in [-0.2, 0) is 4.79 Å². The highest BCUT2D eigenvalue weighted by Crippen LogP contribution is 2.25. The minimum absolute atomic E-state index is 0.128. The Morgan fingerprint density at radius 3 is 2.71 bits per heavy atom. The lowest BCUT2D eigenvalue weighted by molar-refractivity contribution is -0.143. The van der Waals surface area contributed by atoms with E-state index < -0.39 is 5.97 Å². The van der Waals surface area contributed by atoms with Crippen LogP contribution in [0.15, 0.2) is 0 Å². The first-order valence-corrected chi connectivity index (χ1v) is 7.01. The van der Waals surface area contributed by atoms with Crippen LogP contribution in [0.4, 0.5) is 0 Å². The first-order chi connectivity index (χ1) is 8.02. The molecule has 0 heterocycles. The molecule has 0 aromatic heterocycles. The lowest BCUT2D eigenvalue weighted by Gasteiger charge is -2.30. The van der Waals surface area contributed by atoms with Crippen molar-refractivity contribution in [2.24, 2.45) is 11.8 Å². The second-order valence-corrected chi connectivity index (χ2v) is 5.72. The maximum Gasteiger partial charge on any atom is 0.306 e. The lowest BCUT2D eigenvalue weighted by atomic mass is 9.85. The molecule has 0 aromatic carbocycles. The number of hydrogen-bond acceptors (Lipinski definition) is 2. The van der Waals surface area contributed by atoms with E-state index in [4.69, 9.17) is 5.11 Å². The van der Waals surface area contributed by atoms with Crippen molar-refractivity contribution < 1.29 is 9.90 Å². The maximum absolute atomic E-state index is 11.0. The van der Waals surface area contributed by atoms with Gasteiger partial charge in [0.25, 0.3) is 0 Å². The van der Waals surface area contributed by atoms with E-state index in [0.717, 1.165) is 31.6 Å². The highest BCUT2D eigenvalue weighted by atomic mass is 16.4. The van der Waals surface area contributed by atoms with Crippen molar-refractivity contribution in [3.8, 4) is 0 Å². The van der Waals surface area contributed by atoms with Crippen LogP contribution in [0.2, 0.25) is 0 Å². The molecular weight excluding hydrogens is 214 g/mol. The van der Waals surface area contributed by atoms with E-state index in [1.54, 1.807) is 0 Å². The average Bonchev–Trinajstić information content (AvgIpc) is 2.28. The Hall–Kier alpha value is -0.570. The van der Waals surface area contributed by atoms with Crippen molar-refractivity contribution in [3.63, 3.8) is 0 Å². The van der Waals surface area contributed by atoms with E-state index in [0.29, 0.717) is 12.1 Å². The first kappa shape index (κ1) is 14.5. The largest absolute Gasteiger partial charge is 0.481 e. The molecule has 17 heavy (non-hydrogen) atoms. The van der Waals surface area contributed by atoms with E-state index in [-0.39, 0.29) is 5.92 Å². The number of carboxylic acid groups (broad SMARTS) is 1. The summed E-state index contributed by atoms with van der Waals surface area (Å²) in [6, 6.07) is 0.909. The fourth-order valence-electron chi connectivity index (χ4n) is 2.81. The number of carbonyl (C=O) groups is 1. The van der Waals surface area contributed by atoms with Crippen LogP contribution in [0, 0.1) is 11.8 Å². The second kappa shape index (κ2) is 7.00. The molecule has 4 unspecified atom stereocenters. The Labute approximate surface area is 105 Å². The van der Waals surface area contributed by atoms with E-state index in [1.165, 1.54) is 12.8 Å². The van der Waals surface area contributed by atoms with Crippen LogP contribution < -0.4 is 5.32 Å². The van der Waals surface area contributed by atoms with Gasteiger partial charge in [0.05, 0.1) is 5.92 Å². The Balaban J connectivity index is 2.33. The van der Waals surface area contributed by atoms with Crippen molar-refractivity contribution in [1.82, 2.24) is 5.32 Å². The molecule has 1 aliphatic carbocycles. The van der Waals surface area contributed by atoms with Crippen LogP contribution in [0.1, 0.15) is 59.3 Å². The molecule has 0 radical (unpaired) electrons. The minimum atomic E-state index is -0.619. The average molecular weight is 241 g/mol. The summed E-state index contributed by atoms with van der Waals surface area (Å²) in [6.45, 7) is 6.72. The first-order valence-electron chi connectivity index (χ1n) is 7.01. The zero-order chi connectivity index (χ0) is 12.8. The minimum Gasteiger partial charge on any atom is -0.481 e. The molecule has 0 aromatic rings. The molecular formula is C14H27NO2. The summed E-state index contributed by atoms with van der Waals surface area (Å²) < 4.78 is 0. The zero-order valence-electron chi connectivity index (χ0n) is 11.4. The Kier molecular flexibility index (Phi) is 5.96. The van der Waals surface area contributed by atoms with Crippen molar-refractivity contribution in [2.45, 2.75) is 71.4 Å². The Morgan fingerprint density at radius 1 is 1.41 bits per heavy atom. The van der Waals surface area contributed by atoms with E-state index in [2.05, 4.69) is 26.1 Å². The zero-order valence-corrected chi connectivity index (χ0v) is 11.4. The molecule has 1 rings (SSSR count). The summed E-state index contributed by atoms with van der Waals surface area (Å²) >= 11 is 0. The van der Waals surface area contributed by atoms with Crippen molar-refractivity contribution in [2.75, 3.05) is 0 Å². The third-order valence-electron chi connectivity index (χ3n) is 4.00. The highest BCUT2D eigenvalue weighted by molar-refractivity contribution is 5.70. The molecule has 1 saturated carbocycles. The number of carboxylic acids is 1. The SMILES string of the molecule is CCC(C)CC(C)NC1CCCC(C(=O)O)C1. The Bertz CT molecular complexity index is 242. The van der Waals surface area contributed by atoms with Crippen molar-refractivity contribution in [3.05, 3.63) is 0 Å². The summed E-state index contributed by atoms with van der Waals surface area (Å²) in [6.07, 6.45) is 6.24. The molecule has 4 atom stereocenters. The van der Waals surface area contributed by atoms with Gasteiger partial charge in [-0.1, -0.05) is 26.7 Å². The normalized spacial score (nSPS) is 28.6. The van der Waals surface area contributed by atoms with Crippen LogP contribution in [0.3, 0.4) is 0 Å². The molecule has 1 aliphatic rings. The smallest absolute Gasteiger partial charge is 0.306 e. The van der Waals surface area contributed by atoms with Gasteiger partial charge in [-0.3, -0.25) is 4.79 Å². The summed E-state index contributed by atoms with van der Waals surface area (Å²) in [7, 11) is 0. The number of hydrogen-bond donors (Lipinski definition) is 2. The van der Waals surface area contributed by atoms with Gasteiger partial charge in [0.15, 0.2) is 0 Å². The number of rotatable bonds is 6. The fraction of sp³-hybridized carbons (Fsp3) is 0.929. The molecule has 0 saturated heterocycles. The molecule has 2 N–H and O–H groups in total. The lowest BCUT2D eigenvalue weighted by Crippen LogP contribution is -2.41. The summed E-state index contributed by atoms with van der Waals surface area (Å²) in [4.78, 5) is 11.0. The van der Waals surface area contributed by atoms with Gasteiger partial charge in [-0.25, -0.2) is 0 Å². The van der Waals surface area contributed by atoms with Crippen molar-refractivity contribution in [1.29, 1.82) is 0 Å². The topological polar surface area (TPSA) is 49.3 Å². The van der Waals surface area contributed by atoms with Gasteiger partial charge in [0, 0.05) is 12.1 Å². The molecule has 0 amide bonds. The maximum atomic E-state index is 11.0. The van der Waals surface area contributed by atoms with Crippen LogP contribution in [0.25, 0.3) is 0 Å². The van der Waals surface area contributed by atoms with Gasteiger partial charge >= 0.3 is 5.97 Å². The van der Waals surface area contributed by atoms with Crippen LogP contribution >= 0.6 is 0 Å².